The predicted molar refractivity (Wildman–Crippen MR) is 93.8 cm³/mol. The molecule has 1 aromatic rings. The Balaban J connectivity index is 2.15. The minimum absolute atomic E-state index is 0.992. The first-order chi connectivity index (χ1) is 10.3. The van der Waals surface area contributed by atoms with Crippen molar-refractivity contribution in [2.75, 3.05) is 26.2 Å². The number of hydrogen-bond acceptors (Lipinski definition) is 2. The van der Waals surface area contributed by atoms with Gasteiger partial charge in [-0.25, -0.2) is 0 Å². The van der Waals surface area contributed by atoms with Crippen molar-refractivity contribution >= 4 is 0 Å². The molecule has 0 atom stereocenters. The van der Waals surface area contributed by atoms with Gasteiger partial charge in [0, 0.05) is 6.54 Å². The Kier molecular flexibility index (Phi) is 10.2. The Hall–Kier alpha value is -0.860. The molecule has 0 aliphatic rings. The zero-order chi connectivity index (χ0) is 15.3. The van der Waals surface area contributed by atoms with Crippen LogP contribution in [0.4, 0.5) is 0 Å². The molecule has 0 radical (unpaired) electrons. The van der Waals surface area contributed by atoms with E-state index in [2.05, 4.69) is 55.3 Å². The van der Waals surface area contributed by atoms with Crippen LogP contribution >= 0.6 is 0 Å². The van der Waals surface area contributed by atoms with Crippen LogP contribution < -0.4 is 5.32 Å². The summed E-state index contributed by atoms with van der Waals surface area (Å²) in [4.78, 5) is 2.64. The maximum absolute atomic E-state index is 3.57. The van der Waals surface area contributed by atoms with Gasteiger partial charge in [-0.05, 0) is 57.9 Å². The molecule has 0 bridgehead atoms. The van der Waals surface area contributed by atoms with E-state index >= 15 is 0 Å². The smallest absolute Gasteiger partial charge is 0.0205 e. The molecule has 2 nitrogen and oxygen atoms in total. The average Bonchev–Trinajstić information content (AvgIpc) is 2.49. The lowest BCUT2D eigenvalue weighted by Crippen LogP contribution is -2.29. The van der Waals surface area contributed by atoms with Crippen LogP contribution in [0.5, 0.6) is 0 Å². The zero-order valence-corrected chi connectivity index (χ0v) is 14.3. The van der Waals surface area contributed by atoms with Gasteiger partial charge in [0.1, 0.15) is 0 Å². The fourth-order valence-electron chi connectivity index (χ4n) is 2.58. The second kappa shape index (κ2) is 11.8. The summed E-state index contributed by atoms with van der Waals surface area (Å²) in [5.41, 5.74) is 2.74. The third-order valence-electron chi connectivity index (χ3n) is 3.90. The van der Waals surface area contributed by atoms with E-state index < -0.39 is 0 Å². The molecule has 1 aromatic carbocycles. The van der Waals surface area contributed by atoms with Crippen molar-refractivity contribution in [1.29, 1.82) is 0 Å². The highest BCUT2D eigenvalue weighted by molar-refractivity contribution is 5.21. The first-order valence-electron chi connectivity index (χ1n) is 8.74. The minimum Gasteiger partial charge on any atom is -0.313 e. The SMILES string of the molecule is CCCCN(CCCC)CCCNCc1cccc(C)c1. The van der Waals surface area contributed by atoms with Crippen LogP contribution in [0, 0.1) is 6.92 Å². The number of nitrogens with one attached hydrogen (secondary N) is 1. The summed E-state index contributed by atoms with van der Waals surface area (Å²) in [5, 5.41) is 3.57. The summed E-state index contributed by atoms with van der Waals surface area (Å²) >= 11 is 0. The average molecular weight is 290 g/mol. The van der Waals surface area contributed by atoms with Crippen molar-refractivity contribution in [1.82, 2.24) is 10.2 Å². The standard InChI is InChI=1S/C19H34N2/c1-4-6-13-21(14-7-5-2)15-9-12-20-17-19-11-8-10-18(3)16-19/h8,10-11,16,20H,4-7,9,12-15,17H2,1-3H3. The van der Waals surface area contributed by atoms with Crippen molar-refractivity contribution in [3.05, 3.63) is 35.4 Å². The van der Waals surface area contributed by atoms with Gasteiger partial charge in [0.05, 0.1) is 0 Å². The van der Waals surface area contributed by atoms with Crippen LogP contribution in [0.1, 0.15) is 57.1 Å². The van der Waals surface area contributed by atoms with Gasteiger partial charge in [-0.1, -0.05) is 56.5 Å². The second-order valence-electron chi connectivity index (χ2n) is 6.07. The van der Waals surface area contributed by atoms with Gasteiger partial charge in [0.25, 0.3) is 0 Å². The predicted octanol–water partition coefficient (Wildman–Crippen LogP) is 4.38. The van der Waals surface area contributed by atoms with Gasteiger partial charge in [0.2, 0.25) is 0 Å². The van der Waals surface area contributed by atoms with Crippen LogP contribution in [-0.4, -0.2) is 31.1 Å². The molecule has 0 amide bonds. The van der Waals surface area contributed by atoms with Crippen molar-refractivity contribution in [3.63, 3.8) is 0 Å². The Labute approximate surface area is 131 Å². The zero-order valence-electron chi connectivity index (χ0n) is 14.3. The number of benzene rings is 1. The Morgan fingerprint density at radius 3 is 2.24 bits per heavy atom. The van der Waals surface area contributed by atoms with Crippen molar-refractivity contribution in [3.8, 4) is 0 Å². The molecule has 2 heteroatoms. The van der Waals surface area contributed by atoms with Gasteiger partial charge in [-0.3, -0.25) is 0 Å². The van der Waals surface area contributed by atoms with Crippen LogP contribution in [0.3, 0.4) is 0 Å². The molecule has 0 spiro atoms. The molecular formula is C19H34N2. The number of nitrogens with zero attached hydrogens (tertiary/aromatic N) is 1. The van der Waals surface area contributed by atoms with Crippen molar-refractivity contribution in [2.45, 2.75) is 59.4 Å². The van der Waals surface area contributed by atoms with E-state index in [0.29, 0.717) is 0 Å². The monoisotopic (exact) mass is 290 g/mol. The molecule has 1 rings (SSSR count). The quantitative estimate of drug-likeness (QED) is 0.575. The van der Waals surface area contributed by atoms with E-state index in [0.717, 1.165) is 13.1 Å². The molecule has 0 aliphatic heterocycles. The van der Waals surface area contributed by atoms with Gasteiger partial charge in [-0.15, -0.1) is 0 Å². The first-order valence-corrected chi connectivity index (χ1v) is 8.74. The molecule has 1 N–H and O–H groups in total. The lowest BCUT2D eigenvalue weighted by Gasteiger charge is -2.22. The maximum atomic E-state index is 3.57. The van der Waals surface area contributed by atoms with E-state index in [1.54, 1.807) is 0 Å². The number of hydrogen-bond donors (Lipinski definition) is 1. The normalized spacial score (nSPS) is 11.2. The van der Waals surface area contributed by atoms with Gasteiger partial charge >= 0.3 is 0 Å². The fourth-order valence-corrected chi connectivity index (χ4v) is 2.58. The molecule has 21 heavy (non-hydrogen) atoms. The molecule has 0 aliphatic carbocycles. The maximum Gasteiger partial charge on any atom is 0.0205 e. The van der Waals surface area contributed by atoms with E-state index in [9.17, 15) is 0 Å². The third-order valence-corrected chi connectivity index (χ3v) is 3.90. The highest BCUT2D eigenvalue weighted by atomic mass is 15.1. The van der Waals surface area contributed by atoms with Gasteiger partial charge in [0.15, 0.2) is 0 Å². The topological polar surface area (TPSA) is 15.3 Å². The lowest BCUT2D eigenvalue weighted by atomic mass is 10.1. The summed E-state index contributed by atoms with van der Waals surface area (Å²) in [7, 11) is 0. The van der Waals surface area contributed by atoms with Crippen LogP contribution in [0.15, 0.2) is 24.3 Å². The Morgan fingerprint density at radius 1 is 0.952 bits per heavy atom. The molecule has 0 heterocycles. The molecule has 0 saturated carbocycles. The van der Waals surface area contributed by atoms with Crippen LogP contribution in [0.25, 0.3) is 0 Å². The van der Waals surface area contributed by atoms with E-state index in [1.165, 1.54) is 62.9 Å². The lowest BCUT2D eigenvalue weighted by molar-refractivity contribution is 0.261. The summed E-state index contributed by atoms with van der Waals surface area (Å²) in [5.74, 6) is 0. The number of rotatable bonds is 12. The molecule has 0 saturated heterocycles. The van der Waals surface area contributed by atoms with Crippen molar-refractivity contribution < 1.29 is 0 Å². The largest absolute Gasteiger partial charge is 0.313 e. The molecule has 0 fully saturated rings. The van der Waals surface area contributed by atoms with E-state index in [1.807, 2.05) is 0 Å². The highest BCUT2D eigenvalue weighted by Crippen LogP contribution is 2.03. The summed E-state index contributed by atoms with van der Waals surface area (Å²) < 4.78 is 0. The summed E-state index contributed by atoms with van der Waals surface area (Å²) in [6, 6.07) is 8.77. The fraction of sp³-hybridized carbons (Fsp3) is 0.684. The van der Waals surface area contributed by atoms with E-state index in [4.69, 9.17) is 0 Å². The van der Waals surface area contributed by atoms with Gasteiger partial charge in [-0.2, -0.15) is 0 Å². The molecule has 120 valence electrons. The summed E-state index contributed by atoms with van der Waals surface area (Å²) in [6.45, 7) is 12.6. The molecule has 0 aromatic heterocycles. The first kappa shape index (κ1) is 18.2. The minimum atomic E-state index is 0.992. The van der Waals surface area contributed by atoms with Crippen molar-refractivity contribution in [2.24, 2.45) is 0 Å². The van der Waals surface area contributed by atoms with Gasteiger partial charge < -0.3 is 10.2 Å². The number of aryl methyl sites for hydroxylation is 1. The third kappa shape index (κ3) is 8.90. The Bertz CT molecular complexity index is 354. The Morgan fingerprint density at radius 2 is 1.62 bits per heavy atom. The second-order valence-corrected chi connectivity index (χ2v) is 6.07. The molecule has 0 unspecified atom stereocenters. The van der Waals surface area contributed by atoms with E-state index in [-0.39, 0.29) is 0 Å². The van der Waals surface area contributed by atoms with Crippen LogP contribution in [-0.2, 0) is 6.54 Å². The number of unbranched alkanes of at least 4 members (excludes halogenated alkanes) is 2. The highest BCUT2D eigenvalue weighted by Gasteiger charge is 2.03. The molecular weight excluding hydrogens is 256 g/mol. The summed E-state index contributed by atoms with van der Waals surface area (Å²) in [6.07, 6.45) is 6.52. The van der Waals surface area contributed by atoms with Crippen LogP contribution in [0.2, 0.25) is 0 Å².